The third-order valence-corrected chi connectivity index (χ3v) is 2.47. The predicted molar refractivity (Wildman–Crippen MR) is 64.7 cm³/mol. The highest BCUT2D eigenvalue weighted by Crippen LogP contribution is 2.10. The quantitative estimate of drug-likeness (QED) is 0.720. The van der Waals surface area contributed by atoms with Gasteiger partial charge in [0.2, 0.25) is 0 Å². The van der Waals surface area contributed by atoms with Gasteiger partial charge in [0, 0.05) is 18.3 Å². The molecule has 2 heteroatoms. The molecule has 0 saturated heterocycles. The molecule has 15 heavy (non-hydrogen) atoms. The zero-order valence-corrected chi connectivity index (χ0v) is 9.61. The van der Waals surface area contributed by atoms with E-state index in [0.29, 0.717) is 12.1 Å². The topological polar surface area (TPSA) is 24.9 Å². The van der Waals surface area contributed by atoms with E-state index in [1.54, 1.807) is 0 Å². The molecule has 1 N–H and O–H groups in total. The Hall–Kier alpha value is -1.15. The summed E-state index contributed by atoms with van der Waals surface area (Å²) in [5.74, 6) is 0. The van der Waals surface area contributed by atoms with E-state index < -0.39 is 0 Å². The lowest BCUT2D eigenvalue weighted by atomic mass is 10.1. The van der Waals surface area contributed by atoms with Gasteiger partial charge >= 0.3 is 0 Å². The summed E-state index contributed by atoms with van der Waals surface area (Å²) in [5.41, 5.74) is 1.10. The van der Waals surface area contributed by atoms with Gasteiger partial charge in [0.15, 0.2) is 0 Å². The average molecular weight is 204 g/mol. The van der Waals surface area contributed by atoms with Crippen molar-refractivity contribution in [3.8, 4) is 0 Å². The number of hydrogen-bond donors (Lipinski definition) is 1. The normalized spacial score (nSPS) is 14.5. The van der Waals surface area contributed by atoms with Gasteiger partial charge in [0.05, 0.1) is 5.69 Å². The molecule has 0 saturated carbocycles. The fourth-order valence-corrected chi connectivity index (χ4v) is 1.60. The molecular formula is C13H20N2. The molecule has 1 rings (SSSR count). The van der Waals surface area contributed by atoms with Gasteiger partial charge in [-0.05, 0) is 38.8 Å². The van der Waals surface area contributed by atoms with Crippen LogP contribution in [0.2, 0.25) is 0 Å². The van der Waals surface area contributed by atoms with Crippen LogP contribution in [0.5, 0.6) is 0 Å². The second-order valence-corrected chi connectivity index (χ2v) is 3.91. The second-order valence-electron chi connectivity index (χ2n) is 3.91. The van der Waals surface area contributed by atoms with Gasteiger partial charge in [-0.15, -0.1) is 6.58 Å². The summed E-state index contributed by atoms with van der Waals surface area (Å²) >= 11 is 0. The molecule has 0 fully saturated rings. The lowest BCUT2D eigenvalue weighted by molar-refractivity contribution is 0.453. The number of hydrogen-bond acceptors (Lipinski definition) is 2. The molecule has 1 heterocycles. The summed E-state index contributed by atoms with van der Waals surface area (Å²) in [6, 6.07) is 6.83. The van der Waals surface area contributed by atoms with Crippen molar-refractivity contribution < 1.29 is 0 Å². The first-order valence-corrected chi connectivity index (χ1v) is 5.52. The van der Waals surface area contributed by atoms with Gasteiger partial charge in [-0.1, -0.05) is 12.1 Å². The summed E-state index contributed by atoms with van der Waals surface area (Å²) < 4.78 is 0. The van der Waals surface area contributed by atoms with E-state index in [1.165, 1.54) is 0 Å². The third-order valence-electron chi connectivity index (χ3n) is 2.47. The van der Waals surface area contributed by atoms with Crippen LogP contribution in [0, 0.1) is 0 Å². The van der Waals surface area contributed by atoms with E-state index in [2.05, 4.69) is 36.8 Å². The Bertz CT molecular complexity index is 282. The van der Waals surface area contributed by atoms with E-state index in [0.717, 1.165) is 18.5 Å². The highest BCUT2D eigenvalue weighted by atomic mass is 15.0. The highest BCUT2D eigenvalue weighted by Gasteiger charge is 2.08. The molecule has 1 aromatic heterocycles. The van der Waals surface area contributed by atoms with Crippen LogP contribution in [-0.2, 0) is 0 Å². The van der Waals surface area contributed by atoms with Crippen LogP contribution in [0.3, 0.4) is 0 Å². The minimum atomic E-state index is 0.311. The van der Waals surface area contributed by atoms with Gasteiger partial charge in [0.25, 0.3) is 0 Å². The molecule has 0 amide bonds. The third kappa shape index (κ3) is 4.26. The van der Waals surface area contributed by atoms with Crippen LogP contribution < -0.4 is 5.32 Å². The Morgan fingerprint density at radius 2 is 2.27 bits per heavy atom. The highest BCUT2D eigenvalue weighted by molar-refractivity contribution is 5.07. The van der Waals surface area contributed by atoms with Crippen LogP contribution in [-0.4, -0.2) is 11.0 Å². The molecule has 0 aromatic carbocycles. The van der Waals surface area contributed by atoms with Gasteiger partial charge in [-0.3, -0.25) is 4.98 Å². The molecule has 2 atom stereocenters. The van der Waals surface area contributed by atoms with Crippen molar-refractivity contribution in [1.82, 2.24) is 10.3 Å². The Kier molecular flexibility index (Phi) is 5.05. The Morgan fingerprint density at radius 1 is 1.47 bits per heavy atom. The molecule has 82 valence electrons. The molecule has 0 radical (unpaired) electrons. The number of allylic oxidation sites excluding steroid dienone is 1. The Morgan fingerprint density at radius 3 is 2.87 bits per heavy atom. The zero-order chi connectivity index (χ0) is 11.1. The van der Waals surface area contributed by atoms with E-state index in [1.807, 2.05) is 24.4 Å². The van der Waals surface area contributed by atoms with Crippen molar-refractivity contribution in [3.05, 3.63) is 42.7 Å². The fourth-order valence-electron chi connectivity index (χ4n) is 1.60. The molecule has 0 aliphatic carbocycles. The number of aromatic nitrogens is 1. The van der Waals surface area contributed by atoms with E-state index >= 15 is 0 Å². The van der Waals surface area contributed by atoms with E-state index in [4.69, 9.17) is 0 Å². The van der Waals surface area contributed by atoms with Gasteiger partial charge < -0.3 is 5.32 Å². The molecule has 0 aliphatic rings. The lowest BCUT2D eigenvalue weighted by Crippen LogP contribution is -2.29. The van der Waals surface area contributed by atoms with Crippen molar-refractivity contribution in [2.75, 3.05) is 0 Å². The summed E-state index contributed by atoms with van der Waals surface area (Å²) in [6.07, 6.45) is 5.98. The SMILES string of the molecule is C=CCCC(C)N[C@@H](C)c1ccccn1. The van der Waals surface area contributed by atoms with Crippen LogP contribution in [0.1, 0.15) is 38.4 Å². The van der Waals surface area contributed by atoms with Gasteiger partial charge in [-0.25, -0.2) is 0 Å². The number of nitrogens with zero attached hydrogens (tertiary/aromatic N) is 1. The monoisotopic (exact) mass is 204 g/mol. The summed E-state index contributed by atoms with van der Waals surface area (Å²) in [5, 5.41) is 3.52. The molecule has 0 bridgehead atoms. The fraction of sp³-hybridized carbons (Fsp3) is 0.462. The first kappa shape index (κ1) is 11.9. The van der Waals surface area contributed by atoms with Crippen LogP contribution >= 0.6 is 0 Å². The maximum Gasteiger partial charge on any atom is 0.0570 e. The minimum Gasteiger partial charge on any atom is -0.306 e. The first-order valence-electron chi connectivity index (χ1n) is 5.52. The average Bonchev–Trinajstić information content (AvgIpc) is 2.27. The molecule has 1 aromatic rings. The Labute approximate surface area is 92.4 Å². The largest absolute Gasteiger partial charge is 0.306 e. The minimum absolute atomic E-state index is 0.311. The molecule has 0 spiro atoms. The van der Waals surface area contributed by atoms with Crippen molar-refractivity contribution >= 4 is 0 Å². The second kappa shape index (κ2) is 6.36. The summed E-state index contributed by atoms with van der Waals surface area (Å²) in [6.45, 7) is 8.07. The zero-order valence-electron chi connectivity index (χ0n) is 9.61. The Balaban J connectivity index is 2.41. The van der Waals surface area contributed by atoms with Crippen LogP contribution in [0.4, 0.5) is 0 Å². The number of nitrogens with one attached hydrogen (secondary N) is 1. The predicted octanol–water partition coefficient (Wildman–Crippen LogP) is 3.09. The smallest absolute Gasteiger partial charge is 0.0570 e. The van der Waals surface area contributed by atoms with Gasteiger partial charge in [-0.2, -0.15) is 0 Å². The van der Waals surface area contributed by atoms with Crippen molar-refractivity contribution in [2.45, 2.75) is 38.8 Å². The molecule has 2 nitrogen and oxygen atoms in total. The van der Waals surface area contributed by atoms with Gasteiger partial charge in [0.1, 0.15) is 0 Å². The van der Waals surface area contributed by atoms with E-state index in [9.17, 15) is 0 Å². The summed E-state index contributed by atoms with van der Waals surface area (Å²) in [4.78, 5) is 4.33. The van der Waals surface area contributed by atoms with Crippen LogP contribution in [0.25, 0.3) is 0 Å². The standard InChI is InChI=1S/C13H20N2/c1-4-5-8-11(2)15-12(3)13-9-6-7-10-14-13/h4,6-7,9-12,15H,1,5,8H2,2-3H3/t11?,12-/m0/s1. The number of pyridine rings is 1. The number of rotatable bonds is 6. The molecule has 1 unspecified atom stereocenters. The summed E-state index contributed by atoms with van der Waals surface area (Å²) in [7, 11) is 0. The lowest BCUT2D eigenvalue weighted by Gasteiger charge is -2.19. The van der Waals surface area contributed by atoms with Crippen molar-refractivity contribution in [3.63, 3.8) is 0 Å². The molecular weight excluding hydrogens is 184 g/mol. The van der Waals surface area contributed by atoms with Crippen molar-refractivity contribution in [2.24, 2.45) is 0 Å². The maximum atomic E-state index is 4.33. The maximum absolute atomic E-state index is 4.33. The molecule has 0 aliphatic heterocycles. The van der Waals surface area contributed by atoms with Crippen LogP contribution in [0.15, 0.2) is 37.1 Å². The van der Waals surface area contributed by atoms with Crippen molar-refractivity contribution in [1.29, 1.82) is 0 Å². The first-order chi connectivity index (χ1) is 7.24. The van der Waals surface area contributed by atoms with E-state index in [-0.39, 0.29) is 0 Å².